The monoisotopic (exact) mass is 312 g/mol. The zero-order chi connectivity index (χ0) is 13.1. The van der Waals surface area contributed by atoms with Gasteiger partial charge in [-0.15, -0.1) is 0 Å². The largest absolute Gasteiger partial charge is 0.398 e. The summed E-state index contributed by atoms with van der Waals surface area (Å²) in [5, 5.41) is 13.1. The average molecular weight is 313 g/mol. The molecule has 2 unspecified atom stereocenters. The topological polar surface area (TPSA) is 58.3 Å². The number of nitrogens with two attached hydrogens (primary N) is 1. The van der Waals surface area contributed by atoms with E-state index in [4.69, 9.17) is 5.73 Å². The van der Waals surface area contributed by atoms with E-state index in [-0.39, 0.29) is 6.10 Å². The van der Waals surface area contributed by atoms with Gasteiger partial charge in [0.05, 0.1) is 6.10 Å². The summed E-state index contributed by atoms with van der Waals surface area (Å²) in [4.78, 5) is 0. The smallest absolute Gasteiger partial charge is 0.0543 e. The van der Waals surface area contributed by atoms with Gasteiger partial charge in [0, 0.05) is 22.4 Å². The molecular weight excluding hydrogens is 292 g/mol. The van der Waals surface area contributed by atoms with E-state index in [1.807, 2.05) is 13.0 Å². The number of aliphatic hydroxyl groups excluding tert-OH is 1. The van der Waals surface area contributed by atoms with E-state index in [0.717, 1.165) is 47.2 Å². The zero-order valence-electron chi connectivity index (χ0n) is 10.7. The molecule has 100 valence electrons. The Hall–Kier alpha value is -0.740. The van der Waals surface area contributed by atoms with Gasteiger partial charge in [-0.2, -0.15) is 0 Å². The van der Waals surface area contributed by atoms with Gasteiger partial charge < -0.3 is 16.2 Å². The predicted molar refractivity (Wildman–Crippen MR) is 79.7 cm³/mol. The molecule has 0 aliphatic heterocycles. The van der Waals surface area contributed by atoms with E-state index in [1.165, 1.54) is 6.42 Å². The predicted octanol–water partition coefficient (Wildman–Crippen LogP) is 3.30. The Kier molecular flexibility index (Phi) is 4.51. The standard InChI is InChI=1S/C14H21BrN2O/c1-9-5-14(12(15)7-13(9)16)17-8-10-3-2-4-11(18)6-10/h5,7,10-11,17-18H,2-4,6,8,16H2,1H3. The molecular formula is C14H21BrN2O. The minimum atomic E-state index is -0.109. The van der Waals surface area contributed by atoms with E-state index < -0.39 is 0 Å². The van der Waals surface area contributed by atoms with Crippen LogP contribution < -0.4 is 11.1 Å². The first-order valence-corrected chi connectivity index (χ1v) is 7.33. The molecule has 1 fully saturated rings. The third-order valence-corrected chi connectivity index (χ3v) is 4.35. The van der Waals surface area contributed by atoms with E-state index >= 15 is 0 Å². The first-order chi connectivity index (χ1) is 8.56. The highest BCUT2D eigenvalue weighted by atomic mass is 79.9. The van der Waals surface area contributed by atoms with Gasteiger partial charge in [0.25, 0.3) is 0 Å². The van der Waals surface area contributed by atoms with Crippen LogP contribution in [0.4, 0.5) is 11.4 Å². The van der Waals surface area contributed by atoms with E-state index in [1.54, 1.807) is 0 Å². The van der Waals surface area contributed by atoms with Crippen molar-refractivity contribution in [2.24, 2.45) is 5.92 Å². The maximum atomic E-state index is 9.66. The number of aliphatic hydroxyl groups is 1. The fourth-order valence-corrected chi connectivity index (χ4v) is 3.04. The molecule has 18 heavy (non-hydrogen) atoms. The Bertz CT molecular complexity index is 423. The van der Waals surface area contributed by atoms with Crippen LogP contribution in [-0.4, -0.2) is 17.8 Å². The molecule has 1 saturated carbocycles. The molecule has 2 atom stereocenters. The lowest BCUT2D eigenvalue weighted by atomic mass is 9.87. The Morgan fingerprint density at radius 3 is 2.94 bits per heavy atom. The van der Waals surface area contributed by atoms with Gasteiger partial charge in [-0.05, 0) is 65.7 Å². The highest BCUT2D eigenvalue weighted by Gasteiger charge is 2.20. The van der Waals surface area contributed by atoms with Crippen LogP contribution >= 0.6 is 15.9 Å². The molecule has 1 aliphatic rings. The van der Waals surface area contributed by atoms with Crippen molar-refractivity contribution in [1.82, 2.24) is 0 Å². The molecule has 0 bridgehead atoms. The molecule has 1 aromatic carbocycles. The summed E-state index contributed by atoms with van der Waals surface area (Å²) in [6.07, 6.45) is 4.10. The van der Waals surface area contributed by atoms with Gasteiger partial charge in [-0.3, -0.25) is 0 Å². The van der Waals surface area contributed by atoms with Crippen LogP contribution in [0.25, 0.3) is 0 Å². The summed E-state index contributed by atoms with van der Waals surface area (Å²) in [6.45, 7) is 2.93. The van der Waals surface area contributed by atoms with Crippen LogP contribution in [-0.2, 0) is 0 Å². The molecule has 2 rings (SSSR count). The van der Waals surface area contributed by atoms with Gasteiger partial charge in [0.15, 0.2) is 0 Å². The number of hydrogen-bond acceptors (Lipinski definition) is 3. The lowest BCUT2D eigenvalue weighted by Gasteiger charge is -2.26. The van der Waals surface area contributed by atoms with Gasteiger partial charge in [0.2, 0.25) is 0 Å². The number of nitrogens with one attached hydrogen (secondary N) is 1. The van der Waals surface area contributed by atoms with E-state index in [0.29, 0.717) is 5.92 Å². The van der Waals surface area contributed by atoms with Crippen molar-refractivity contribution >= 4 is 27.3 Å². The second-order valence-corrected chi connectivity index (χ2v) is 6.11. The molecule has 0 radical (unpaired) electrons. The Labute approximate surface area is 117 Å². The molecule has 0 saturated heterocycles. The van der Waals surface area contributed by atoms with Crippen LogP contribution in [0.1, 0.15) is 31.2 Å². The van der Waals surface area contributed by atoms with Crippen molar-refractivity contribution in [2.75, 3.05) is 17.6 Å². The minimum absolute atomic E-state index is 0.109. The summed E-state index contributed by atoms with van der Waals surface area (Å²) < 4.78 is 1.00. The summed E-state index contributed by atoms with van der Waals surface area (Å²) >= 11 is 3.53. The number of nitrogen functional groups attached to an aromatic ring is 1. The SMILES string of the molecule is Cc1cc(NCC2CCCC(O)C2)c(Br)cc1N. The first kappa shape index (κ1) is 13.7. The summed E-state index contributed by atoms with van der Waals surface area (Å²) in [6, 6.07) is 4.01. The number of anilines is 2. The van der Waals surface area contributed by atoms with Crippen LogP contribution in [0.3, 0.4) is 0 Å². The van der Waals surface area contributed by atoms with Gasteiger partial charge >= 0.3 is 0 Å². The van der Waals surface area contributed by atoms with Crippen molar-refractivity contribution in [3.05, 3.63) is 22.2 Å². The maximum Gasteiger partial charge on any atom is 0.0543 e. The zero-order valence-corrected chi connectivity index (χ0v) is 12.3. The van der Waals surface area contributed by atoms with E-state index in [9.17, 15) is 5.11 Å². The van der Waals surface area contributed by atoms with Crippen LogP contribution in [0.5, 0.6) is 0 Å². The average Bonchev–Trinajstić information content (AvgIpc) is 2.32. The molecule has 0 heterocycles. The lowest BCUT2D eigenvalue weighted by Crippen LogP contribution is -2.25. The summed E-state index contributed by atoms with van der Waals surface area (Å²) in [5.74, 6) is 0.568. The summed E-state index contributed by atoms with van der Waals surface area (Å²) in [7, 11) is 0. The molecule has 4 heteroatoms. The van der Waals surface area contributed by atoms with Crippen molar-refractivity contribution in [2.45, 2.75) is 38.7 Å². The number of halogens is 1. The molecule has 3 nitrogen and oxygen atoms in total. The van der Waals surface area contributed by atoms with Crippen molar-refractivity contribution < 1.29 is 5.11 Å². The van der Waals surface area contributed by atoms with E-state index in [2.05, 4.69) is 27.3 Å². The van der Waals surface area contributed by atoms with Crippen LogP contribution in [0.15, 0.2) is 16.6 Å². The third-order valence-electron chi connectivity index (χ3n) is 3.69. The highest BCUT2D eigenvalue weighted by Crippen LogP contribution is 2.29. The highest BCUT2D eigenvalue weighted by molar-refractivity contribution is 9.10. The second-order valence-electron chi connectivity index (χ2n) is 5.26. The molecule has 0 spiro atoms. The first-order valence-electron chi connectivity index (χ1n) is 6.54. The molecule has 4 N–H and O–H groups in total. The van der Waals surface area contributed by atoms with Crippen molar-refractivity contribution in [1.29, 1.82) is 0 Å². The fourth-order valence-electron chi connectivity index (χ4n) is 2.53. The minimum Gasteiger partial charge on any atom is -0.398 e. The fraction of sp³-hybridized carbons (Fsp3) is 0.571. The second kappa shape index (κ2) is 5.93. The molecule has 1 aromatic rings. The quantitative estimate of drug-likeness (QED) is 0.751. The molecule has 0 amide bonds. The van der Waals surface area contributed by atoms with Gasteiger partial charge in [0.1, 0.15) is 0 Å². The Morgan fingerprint density at radius 1 is 1.44 bits per heavy atom. The third kappa shape index (κ3) is 3.39. The normalized spacial score (nSPS) is 23.9. The van der Waals surface area contributed by atoms with Crippen molar-refractivity contribution in [3.8, 4) is 0 Å². The van der Waals surface area contributed by atoms with Crippen molar-refractivity contribution in [3.63, 3.8) is 0 Å². The van der Waals surface area contributed by atoms with Gasteiger partial charge in [-0.1, -0.05) is 6.42 Å². The Balaban J connectivity index is 1.95. The number of benzene rings is 1. The lowest BCUT2D eigenvalue weighted by molar-refractivity contribution is 0.105. The van der Waals surface area contributed by atoms with Crippen LogP contribution in [0, 0.1) is 12.8 Å². The molecule has 0 aromatic heterocycles. The Morgan fingerprint density at radius 2 is 2.22 bits per heavy atom. The molecule has 1 aliphatic carbocycles. The number of rotatable bonds is 3. The number of aryl methyl sites for hydroxylation is 1. The maximum absolute atomic E-state index is 9.66. The number of hydrogen-bond donors (Lipinski definition) is 3. The summed E-state index contributed by atoms with van der Waals surface area (Å²) in [5.41, 5.74) is 8.83. The van der Waals surface area contributed by atoms with Crippen LogP contribution in [0.2, 0.25) is 0 Å². The van der Waals surface area contributed by atoms with Gasteiger partial charge in [-0.25, -0.2) is 0 Å².